The van der Waals surface area contributed by atoms with Crippen molar-refractivity contribution in [1.82, 2.24) is 0 Å². The summed E-state index contributed by atoms with van der Waals surface area (Å²) < 4.78 is 42.7. The minimum atomic E-state index is -1.55. The summed E-state index contributed by atoms with van der Waals surface area (Å²) in [6, 6.07) is 2.42. The molecule has 0 amide bonds. The van der Waals surface area contributed by atoms with E-state index in [0.29, 0.717) is 0 Å². The van der Waals surface area contributed by atoms with Crippen LogP contribution in [0.1, 0.15) is 33.3 Å². The molecule has 6 heteroatoms. The lowest BCUT2D eigenvalue weighted by Gasteiger charge is -2.14. The Morgan fingerprint density at radius 3 is 2.39 bits per heavy atom. The number of hydrogen-bond acceptors (Lipinski definition) is 1. The van der Waals surface area contributed by atoms with Crippen LogP contribution >= 0.6 is 15.9 Å². The lowest BCUT2D eigenvalue weighted by atomic mass is 10.1. The van der Waals surface area contributed by atoms with E-state index in [1.165, 1.54) is 13.0 Å². The molecule has 0 saturated carbocycles. The predicted octanol–water partition coefficient (Wildman–Crippen LogP) is 4.00. The molecule has 1 aromatic carbocycles. The van der Waals surface area contributed by atoms with Gasteiger partial charge in [0, 0.05) is 0 Å². The minimum Gasteiger partial charge on any atom is -0.234 e. The first-order valence-electron chi connectivity index (χ1n) is 5.25. The first-order valence-corrected chi connectivity index (χ1v) is 7.15. The zero-order chi connectivity index (χ0) is 14.1. The topological polar surface area (TPSA) is 29.4 Å². The summed E-state index contributed by atoms with van der Waals surface area (Å²) in [6.07, 6.45) is 0. The molecule has 18 heavy (non-hydrogen) atoms. The Balaban J connectivity index is 3.28. The fourth-order valence-corrected chi connectivity index (χ4v) is 2.11. The quantitative estimate of drug-likeness (QED) is 0.592. The van der Waals surface area contributed by atoms with Gasteiger partial charge in [0.1, 0.15) is 22.6 Å². The SMILES string of the molecule is CC(=N[S@@](=O)C(C)(C)C)c1c(F)ccc(Br)c1F. The second-order valence-corrected chi connectivity index (χ2v) is 7.52. The third-order valence-electron chi connectivity index (χ3n) is 2.15. The van der Waals surface area contributed by atoms with E-state index in [9.17, 15) is 13.0 Å². The molecule has 1 rings (SSSR count). The van der Waals surface area contributed by atoms with Crippen LogP contribution in [-0.4, -0.2) is 14.7 Å². The fraction of sp³-hybridized carbons (Fsp3) is 0.417. The highest BCUT2D eigenvalue weighted by atomic mass is 79.9. The number of halogens is 3. The fourth-order valence-electron chi connectivity index (χ4n) is 1.17. The van der Waals surface area contributed by atoms with Crippen molar-refractivity contribution in [2.24, 2.45) is 4.40 Å². The molecule has 1 aromatic rings. The van der Waals surface area contributed by atoms with Crippen molar-refractivity contribution in [3.8, 4) is 0 Å². The van der Waals surface area contributed by atoms with Gasteiger partial charge in [-0.2, -0.15) is 4.40 Å². The van der Waals surface area contributed by atoms with Gasteiger partial charge in [0.25, 0.3) is 0 Å². The van der Waals surface area contributed by atoms with Gasteiger partial charge in [-0.3, -0.25) is 0 Å². The van der Waals surface area contributed by atoms with Gasteiger partial charge >= 0.3 is 0 Å². The van der Waals surface area contributed by atoms with E-state index in [-0.39, 0.29) is 15.7 Å². The van der Waals surface area contributed by atoms with E-state index in [0.717, 1.165) is 6.07 Å². The first kappa shape index (κ1) is 15.4. The molecule has 0 aliphatic carbocycles. The molecule has 0 radical (unpaired) electrons. The molecule has 0 bridgehead atoms. The molecule has 0 aliphatic rings. The molecule has 1 atom stereocenters. The zero-order valence-corrected chi connectivity index (χ0v) is 13.0. The second-order valence-electron chi connectivity index (χ2n) is 4.76. The van der Waals surface area contributed by atoms with E-state index >= 15 is 0 Å². The monoisotopic (exact) mass is 337 g/mol. The maximum atomic E-state index is 13.8. The first-order chi connectivity index (χ1) is 8.14. The molecule has 100 valence electrons. The van der Waals surface area contributed by atoms with Gasteiger partial charge in [0.15, 0.2) is 0 Å². The Morgan fingerprint density at radius 2 is 1.89 bits per heavy atom. The highest BCUT2D eigenvalue weighted by Gasteiger charge is 2.21. The van der Waals surface area contributed by atoms with Crippen LogP contribution in [0.25, 0.3) is 0 Å². The molecule has 0 spiro atoms. The summed E-state index contributed by atoms with van der Waals surface area (Å²) in [6.45, 7) is 6.67. The summed E-state index contributed by atoms with van der Waals surface area (Å²) >= 11 is 2.98. The van der Waals surface area contributed by atoms with Gasteiger partial charge in [-0.25, -0.2) is 13.0 Å². The van der Waals surface area contributed by atoms with Crippen molar-refractivity contribution in [3.05, 3.63) is 33.8 Å². The predicted molar refractivity (Wildman–Crippen MR) is 74.2 cm³/mol. The Labute approximate surface area is 116 Å². The van der Waals surface area contributed by atoms with Gasteiger partial charge in [-0.05, 0) is 55.8 Å². The molecule has 0 saturated heterocycles. The third kappa shape index (κ3) is 3.45. The molecule has 0 heterocycles. The van der Waals surface area contributed by atoms with Crippen LogP contribution in [0.15, 0.2) is 21.0 Å². The smallest absolute Gasteiger partial charge is 0.149 e. The molecule has 0 fully saturated rings. The molecular weight excluding hydrogens is 324 g/mol. The van der Waals surface area contributed by atoms with Gasteiger partial charge in [-0.15, -0.1) is 0 Å². The molecule has 0 aliphatic heterocycles. The zero-order valence-electron chi connectivity index (χ0n) is 10.6. The Kier molecular flexibility index (Phi) is 4.78. The average molecular weight is 338 g/mol. The van der Waals surface area contributed by atoms with Crippen LogP contribution in [0.4, 0.5) is 8.78 Å². The van der Waals surface area contributed by atoms with Crippen molar-refractivity contribution >= 4 is 32.6 Å². The largest absolute Gasteiger partial charge is 0.234 e. The van der Waals surface area contributed by atoms with E-state index in [1.54, 1.807) is 20.8 Å². The third-order valence-corrected chi connectivity index (χ3v) is 4.25. The highest BCUT2D eigenvalue weighted by Crippen LogP contribution is 2.23. The standard InChI is InChI=1S/C12H14BrF2NOS/c1-7(16-18(17)12(2,3)4)10-9(14)6-5-8(13)11(10)15/h5-6H,1-4H3/t18-/m0/s1. The Bertz CT molecular complexity index is 524. The van der Waals surface area contributed by atoms with E-state index in [4.69, 9.17) is 0 Å². The van der Waals surface area contributed by atoms with Gasteiger partial charge in [0.2, 0.25) is 0 Å². The van der Waals surface area contributed by atoms with Crippen molar-refractivity contribution in [3.63, 3.8) is 0 Å². The number of benzene rings is 1. The van der Waals surface area contributed by atoms with E-state index < -0.39 is 27.4 Å². The van der Waals surface area contributed by atoms with Crippen LogP contribution in [-0.2, 0) is 11.0 Å². The summed E-state index contributed by atoms with van der Waals surface area (Å²) in [4.78, 5) is 0. The Hall–Kier alpha value is -0.620. The number of rotatable bonds is 2. The number of hydrogen-bond donors (Lipinski definition) is 0. The maximum Gasteiger partial charge on any atom is 0.149 e. The maximum absolute atomic E-state index is 13.8. The number of nitrogens with zero attached hydrogens (tertiary/aromatic N) is 1. The van der Waals surface area contributed by atoms with Crippen molar-refractivity contribution in [2.45, 2.75) is 32.4 Å². The van der Waals surface area contributed by atoms with Crippen LogP contribution in [0.3, 0.4) is 0 Å². The molecule has 2 nitrogen and oxygen atoms in total. The second kappa shape index (κ2) is 5.57. The summed E-state index contributed by atoms with van der Waals surface area (Å²) in [5.74, 6) is -1.45. The average Bonchev–Trinajstić information content (AvgIpc) is 2.22. The van der Waals surface area contributed by atoms with E-state index in [1.807, 2.05) is 0 Å². The van der Waals surface area contributed by atoms with Crippen molar-refractivity contribution in [1.29, 1.82) is 0 Å². The Morgan fingerprint density at radius 1 is 1.33 bits per heavy atom. The van der Waals surface area contributed by atoms with Crippen LogP contribution in [0.2, 0.25) is 0 Å². The van der Waals surface area contributed by atoms with Crippen molar-refractivity contribution < 1.29 is 13.0 Å². The minimum absolute atomic E-state index is 0.0829. The highest BCUT2D eigenvalue weighted by molar-refractivity contribution is 9.10. The molecule has 0 aromatic heterocycles. The van der Waals surface area contributed by atoms with Gasteiger partial charge < -0.3 is 0 Å². The lowest BCUT2D eigenvalue weighted by Crippen LogP contribution is -2.21. The van der Waals surface area contributed by atoms with Gasteiger partial charge in [0.05, 0.1) is 20.5 Å². The molecular formula is C12H14BrF2NOS. The van der Waals surface area contributed by atoms with Crippen molar-refractivity contribution in [2.75, 3.05) is 0 Å². The lowest BCUT2D eigenvalue weighted by molar-refractivity contribution is 0.574. The van der Waals surface area contributed by atoms with Crippen LogP contribution < -0.4 is 0 Å². The summed E-state index contributed by atoms with van der Waals surface area (Å²) in [7, 11) is -1.55. The molecule has 0 unspecified atom stereocenters. The summed E-state index contributed by atoms with van der Waals surface area (Å²) in [5, 5.41) is 0. The van der Waals surface area contributed by atoms with Crippen LogP contribution in [0, 0.1) is 11.6 Å². The normalized spacial score (nSPS) is 14.7. The van der Waals surface area contributed by atoms with E-state index in [2.05, 4.69) is 20.3 Å². The summed E-state index contributed by atoms with van der Waals surface area (Å²) in [5.41, 5.74) is -0.165. The van der Waals surface area contributed by atoms with Crippen LogP contribution in [0.5, 0.6) is 0 Å². The van der Waals surface area contributed by atoms with Gasteiger partial charge in [-0.1, -0.05) is 0 Å². The molecule has 0 N–H and O–H groups in total.